The Morgan fingerprint density at radius 1 is 1.19 bits per heavy atom. The van der Waals surface area contributed by atoms with Crippen molar-refractivity contribution in [2.75, 3.05) is 24.7 Å². The van der Waals surface area contributed by atoms with Crippen molar-refractivity contribution >= 4 is 11.6 Å². The summed E-state index contributed by atoms with van der Waals surface area (Å²) in [5.41, 5.74) is 2.60. The fraction of sp³-hybridized carbons (Fsp3) is 0.292. The van der Waals surface area contributed by atoms with E-state index in [4.69, 9.17) is 4.74 Å². The summed E-state index contributed by atoms with van der Waals surface area (Å²) >= 11 is 0. The molecule has 1 aromatic heterocycles. The second-order valence-electron chi connectivity index (χ2n) is 7.74. The molecule has 0 fully saturated rings. The Morgan fingerprint density at radius 3 is 2.66 bits per heavy atom. The van der Waals surface area contributed by atoms with Crippen LogP contribution in [0.5, 0.6) is 5.75 Å². The molecule has 2 aromatic carbocycles. The number of hydrogen-bond acceptors (Lipinski definition) is 5. The highest BCUT2D eigenvalue weighted by atomic mass is 19.1. The molecule has 166 valence electrons. The Labute approximate surface area is 184 Å². The first-order chi connectivity index (χ1) is 15.4. The summed E-state index contributed by atoms with van der Waals surface area (Å²) in [5, 5.41) is 9.39. The van der Waals surface area contributed by atoms with Crippen LogP contribution in [-0.2, 0) is 17.8 Å². The fourth-order valence-corrected chi connectivity index (χ4v) is 3.87. The van der Waals surface area contributed by atoms with Crippen LogP contribution >= 0.6 is 0 Å². The van der Waals surface area contributed by atoms with Crippen LogP contribution in [0, 0.1) is 19.7 Å². The summed E-state index contributed by atoms with van der Waals surface area (Å²) in [6, 6.07) is 11.2. The number of fused-ring (bicyclic) bond motifs is 1. The first-order valence-corrected chi connectivity index (χ1v) is 10.4. The highest BCUT2D eigenvalue weighted by Crippen LogP contribution is 2.32. The van der Waals surface area contributed by atoms with Gasteiger partial charge < -0.3 is 14.7 Å². The van der Waals surface area contributed by atoms with E-state index in [2.05, 4.69) is 4.98 Å². The Bertz CT molecular complexity index is 1220. The van der Waals surface area contributed by atoms with Gasteiger partial charge in [-0.1, -0.05) is 6.07 Å². The highest BCUT2D eigenvalue weighted by molar-refractivity contribution is 5.95. The van der Waals surface area contributed by atoms with Gasteiger partial charge in [0.25, 0.3) is 5.56 Å². The van der Waals surface area contributed by atoms with Gasteiger partial charge in [-0.25, -0.2) is 9.37 Å². The summed E-state index contributed by atoms with van der Waals surface area (Å²) in [6.45, 7) is 3.87. The van der Waals surface area contributed by atoms with Gasteiger partial charge in [0.2, 0.25) is 5.91 Å². The molecule has 8 heteroatoms. The molecular formula is C24H24FN3O4. The van der Waals surface area contributed by atoms with E-state index in [0.29, 0.717) is 41.4 Å². The van der Waals surface area contributed by atoms with Crippen LogP contribution in [0.3, 0.4) is 0 Å². The second-order valence-corrected chi connectivity index (χ2v) is 7.74. The largest absolute Gasteiger partial charge is 0.490 e. The summed E-state index contributed by atoms with van der Waals surface area (Å²) in [7, 11) is 0. The average molecular weight is 437 g/mol. The van der Waals surface area contributed by atoms with Crippen LogP contribution in [0.25, 0.3) is 11.4 Å². The predicted octanol–water partition coefficient (Wildman–Crippen LogP) is 2.63. The molecule has 1 aliphatic heterocycles. The molecule has 0 aliphatic carbocycles. The minimum atomic E-state index is -0.410. The number of nitrogens with zero attached hydrogens (tertiary/aromatic N) is 3. The molecule has 2 heterocycles. The third-order valence-corrected chi connectivity index (χ3v) is 5.51. The van der Waals surface area contributed by atoms with Crippen LogP contribution in [0.2, 0.25) is 0 Å². The van der Waals surface area contributed by atoms with Gasteiger partial charge in [-0.3, -0.25) is 14.2 Å². The van der Waals surface area contributed by atoms with Gasteiger partial charge in [-0.15, -0.1) is 0 Å². The zero-order valence-corrected chi connectivity index (χ0v) is 18.0. The third kappa shape index (κ3) is 4.13. The highest BCUT2D eigenvalue weighted by Gasteiger charge is 2.26. The van der Waals surface area contributed by atoms with E-state index in [-0.39, 0.29) is 31.3 Å². The first kappa shape index (κ1) is 21.7. The summed E-state index contributed by atoms with van der Waals surface area (Å²) < 4.78 is 20.4. The maximum atomic E-state index is 13.5. The van der Waals surface area contributed by atoms with Crippen molar-refractivity contribution in [3.8, 4) is 17.1 Å². The number of rotatable bonds is 5. The molecule has 7 nitrogen and oxygen atoms in total. The van der Waals surface area contributed by atoms with E-state index < -0.39 is 11.4 Å². The topological polar surface area (TPSA) is 84.7 Å². The Kier molecular flexibility index (Phi) is 6.05. The third-order valence-electron chi connectivity index (χ3n) is 5.51. The minimum absolute atomic E-state index is 0.134. The molecule has 0 saturated carbocycles. The van der Waals surface area contributed by atoms with E-state index in [9.17, 15) is 19.1 Å². The van der Waals surface area contributed by atoms with Crippen molar-refractivity contribution in [1.82, 2.24) is 9.55 Å². The van der Waals surface area contributed by atoms with E-state index >= 15 is 0 Å². The number of amides is 1. The quantitative estimate of drug-likeness (QED) is 0.663. The van der Waals surface area contributed by atoms with Crippen LogP contribution in [0.1, 0.15) is 16.8 Å². The normalized spacial score (nSPS) is 12.9. The lowest BCUT2D eigenvalue weighted by Crippen LogP contribution is -2.42. The molecule has 1 amide bonds. The SMILES string of the molecule is Cc1ccc2c(c1)N(C(=O)Cn1c(-c3ccc(F)cc3)nc(C)c(CCO)c1=O)CCO2. The van der Waals surface area contributed by atoms with Crippen LogP contribution < -0.4 is 15.2 Å². The fourth-order valence-electron chi connectivity index (χ4n) is 3.87. The standard InChI is InChI=1S/C24H24FN3O4/c1-15-3-8-21-20(13-15)27(10-12-32-21)22(30)14-28-23(17-4-6-18(25)7-5-17)26-16(2)19(9-11-29)24(28)31/h3-8,13,29H,9-12,14H2,1-2H3. The van der Waals surface area contributed by atoms with Crippen molar-refractivity contribution in [1.29, 1.82) is 0 Å². The lowest BCUT2D eigenvalue weighted by atomic mass is 10.1. The lowest BCUT2D eigenvalue weighted by molar-refractivity contribution is -0.119. The second kappa shape index (κ2) is 8.92. The Hall–Kier alpha value is -3.52. The molecule has 1 N–H and O–H groups in total. The van der Waals surface area contributed by atoms with Crippen LogP contribution in [0.15, 0.2) is 47.3 Å². The van der Waals surface area contributed by atoms with Gasteiger partial charge in [0.05, 0.1) is 12.2 Å². The number of benzene rings is 2. The zero-order valence-electron chi connectivity index (χ0n) is 18.0. The number of ether oxygens (including phenoxy) is 1. The molecule has 32 heavy (non-hydrogen) atoms. The van der Waals surface area contributed by atoms with Gasteiger partial charge >= 0.3 is 0 Å². The Balaban J connectivity index is 1.78. The molecular weight excluding hydrogens is 413 g/mol. The lowest BCUT2D eigenvalue weighted by Gasteiger charge is -2.30. The van der Waals surface area contributed by atoms with Crippen molar-refractivity contribution < 1.29 is 19.0 Å². The van der Waals surface area contributed by atoms with Crippen LogP contribution in [0.4, 0.5) is 10.1 Å². The van der Waals surface area contributed by atoms with Crippen molar-refractivity contribution in [2.45, 2.75) is 26.8 Å². The Morgan fingerprint density at radius 2 is 1.94 bits per heavy atom. The molecule has 0 bridgehead atoms. The van der Waals surface area contributed by atoms with E-state index in [0.717, 1.165) is 5.56 Å². The molecule has 0 saturated heterocycles. The monoisotopic (exact) mass is 437 g/mol. The molecule has 0 radical (unpaired) electrons. The molecule has 1 aliphatic rings. The summed E-state index contributed by atoms with van der Waals surface area (Å²) in [6.07, 6.45) is 0.134. The number of aliphatic hydroxyl groups excluding tert-OH is 1. The van der Waals surface area contributed by atoms with Crippen molar-refractivity contribution in [2.24, 2.45) is 0 Å². The van der Waals surface area contributed by atoms with Crippen molar-refractivity contribution in [3.63, 3.8) is 0 Å². The number of aryl methyl sites for hydroxylation is 2. The van der Waals surface area contributed by atoms with E-state index in [1.165, 1.54) is 28.8 Å². The molecule has 0 unspecified atom stereocenters. The number of anilines is 1. The predicted molar refractivity (Wildman–Crippen MR) is 118 cm³/mol. The van der Waals surface area contributed by atoms with Gasteiger partial charge in [0.15, 0.2) is 0 Å². The van der Waals surface area contributed by atoms with E-state index in [1.807, 2.05) is 25.1 Å². The number of carbonyl (C=O) groups excluding carboxylic acids is 1. The minimum Gasteiger partial charge on any atom is -0.490 e. The maximum Gasteiger partial charge on any atom is 0.257 e. The molecule has 0 spiro atoms. The van der Waals surface area contributed by atoms with Gasteiger partial charge in [-0.05, 0) is 55.8 Å². The number of aliphatic hydroxyl groups is 1. The summed E-state index contributed by atoms with van der Waals surface area (Å²) in [5.74, 6) is 0.198. The number of hydrogen-bond donors (Lipinski definition) is 1. The van der Waals surface area contributed by atoms with Crippen LogP contribution in [-0.4, -0.2) is 40.3 Å². The van der Waals surface area contributed by atoms with Crippen molar-refractivity contribution in [3.05, 3.63) is 75.5 Å². The van der Waals surface area contributed by atoms with Gasteiger partial charge in [-0.2, -0.15) is 0 Å². The van der Waals surface area contributed by atoms with Gasteiger partial charge in [0.1, 0.15) is 30.5 Å². The van der Waals surface area contributed by atoms with E-state index in [1.54, 1.807) is 11.8 Å². The maximum absolute atomic E-state index is 13.5. The molecule has 0 atom stereocenters. The first-order valence-electron chi connectivity index (χ1n) is 10.4. The molecule has 4 rings (SSSR count). The number of halogens is 1. The zero-order chi connectivity index (χ0) is 22.8. The average Bonchev–Trinajstić information content (AvgIpc) is 2.78. The number of carbonyl (C=O) groups is 1. The van der Waals surface area contributed by atoms with Gasteiger partial charge in [0, 0.05) is 29.8 Å². The smallest absolute Gasteiger partial charge is 0.257 e. The summed E-state index contributed by atoms with van der Waals surface area (Å²) in [4.78, 5) is 32.8. The number of aromatic nitrogens is 2. The molecule has 3 aromatic rings.